The molecule has 3 aliphatic rings. The topological polar surface area (TPSA) is 98.1 Å². The maximum Gasteiger partial charge on any atom is 0.417 e. The molecule has 2 atom stereocenters. The van der Waals surface area contributed by atoms with Crippen molar-refractivity contribution in [2.75, 3.05) is 41.5 Å². The van der Waals surface area contributed by atoms with Crippen molar-refractivity contribution in [3.8, 4) is 11.8 Å². The average molecular weight is 504 g/mol. The molecule has 35 heavy (non-hydrogen) atoms. The molecule has 0 aliphatic carbocycles. The number of amides is 1. The van der Waals surface area contributed by atoms with Gasteiger partial charge in [-0.3, -0.25) is 9.69 Å². The van der Waals surface area contributed by atoms with E-state index in [0.717, 1.165) is 17.0 Å². The number of halogens is 3. The van der Waals surface area contributed by atoms with Crippen molar-refractivity contribution in [3.05, 3.63) is 47.5 Å². The summed E-state index contributed by atoms with van der Waals surface area (Å²) in [5.74, 6) is 0.0195. The van der Waals surface area contributed by atoms with E-state index in [1.54, 1.807) is 29.2 Å². The second-order valence-electron chi connectivity index (χ2n) is 8.42. The Kier molecular flexibility index (Phi) is 5.58. The minimum absolute atomic E-state index is 0.00300. The Morgan fingerprint density at radius 2 is 2.03 bits per heavy atom. The molecule has 2 fully saturated rings. The smallest absolute Gasteiger partial charge is 0.417 e. The lowest BCUT2D eigenvalue weighted by molar-refractivity contribution is -0.137. The first-order chi connectivity index (χ1) is 16.7. The van der Waals surface area contributed by atoms with Crippen molar-refractivity contribution in [1.29, 1.82) is 5.26 Å². The lowest BCUT2D eigenvalue weighted by Crippen LogP contribution is -2.50. The number of ether oxygens (including phenoxy) is 2. The maximum absolute atomic E-state index is 13.7. The Balaban J connectivity index is 1.58. The molecule has 5 rings (SSSR count). The van der Waals surface area contributed by atoms with Crippen molar-refractivity contribution in [1.82, 2.24) is 0 Å². The zero-order chi connectivity index (χ0) is 25.0. The van der Waals surface area contributed by atoms with Gasteiger partial charge >= 0.3 is 6.18 Å². The van der Waals surface area contributed by atoms with Crippen LogP contribution in [0.1, 0.15) is 17.5 Å². The number of nitrogens with one attached hydrogen (secondary N) is 1. The molecule has 1 spiro atoms. The molecule has 0 radical (unpaired) electrons. The summed E-state index contributed by atoms with van der Waals surface area (Å²) in [5.41, 5.74) is -1.81. The number of benzene rings is 2. The molecule has 2 N–H and O–H groups in total. The molecule has 2 aromatic rings. The van der Waals surface area contributed by atoms with Crippen LogP contribution in [-0.4, -0.2) is 54.1 Å². The number of rotatable bonds is 3. The highest BCUT2D eigenvalue weighted by molar-refractivity contribution is 7.81. The van der Waals surface area contributed by atoms with Gasteiger partial charge in [0.25, 0.3) is 5.91 Å². The lowest BCUT2D eigenvalue weighted by Gasteiger charge is -2.33. The number of aliphatic hydroxyl groups excluding tert-OH is 1. The first-order valence-corrected chi connectivity index (χ1v) is 11.1. The fourth-order valence-electron chi connectivity index (χ4n) is 4.61. The zero-order valence-electron chi connectivity index (χ0n) is 18.1. The third-order valence-corrected chi connectivity index (χ3v) is 6.70. The number of anilines is 3. The van der Waals surface area contributed by atoms with Crippen LogP contribution in [0.25, 0.3) is 0 Å². The van der Waals surface area contributed by atoms with E-state index in [2.05, 4.69) is 5.32 Å². The van der Waals surface area contributed by atoms with E-state index in [0.29, 0.717) is 30.1 Å². The van der Waals surface area contributed by atoms with E-state index in [1.165, 1.54) is 6.07 Å². The van der Waals surface area contributed by atoms with Crippen LogP contribution in [0.3, 0.4) is 0 Å². The minimum atomic E-state index is -4.78. The number of hydrogen-bond acceptors (Lipinski definition) is 7. The van der Waals surface area contributed by atoms with Crippen LogP contribution in [0.4, 0.5) is 30.2 Å². The van der Waals surface area contributed by atoms with Gasteiger partial charge in [-0.1, -0.05) is 0 Å². The standard InChI is InChI=1S/C23H19F3N4O4S/c24-23(25,26)17-7-14(2-1-13(17)9-27)29-20(32)22(5-6-33-12-22)30(21(29)35)15-3-4-19-18(8-15)28-10-16(11-31)34-19/h1-4,7-8,16,28,31H,5-6,10-12H2. The van der Waals surface area contributed by atoms with E-state index >= 15 is 0 Å². The number of fused-ring (bicyclic) bond motifs is 1. The van der Waals surface area contributed by atoms with Crippen molar-refractivity contribution in [2.45, 2.75) is 24.2 Å². The molecule has 2 unspecified atom stereocenters. The van der Waals surface area contributed by atoms with Gasteiger partial charge in [0.05, 0.1) is 48.3 Å². The van der Waals surface area contributed by atoms with Crippen molar-refractivity contribution in [3.63, 3.8) is 0 Å². The summed E-state index contributed by atoms with van der Waals surface area (Å²) in [6, 6.07) is 9.75. The van der Waals surface area contributed by atoms with Gasteiger partial charge in [-0.2, -0.15) is 18.4 Å². The molecule has 0 aromatic heterocycles. The highest BCUT2D eigenvalue weighted by Crippen LogP contribution is 2.44. The predicted octanol–water partition coefficient (Wildman–Crippen LogP) is 3.04. The maximum atomic E-state index is 13.7. The van der Waals surface area contributed by atoms with Crippen LogP contribution < -0.4 is 19.9 Å². The zero-order valence-corrected chi connectivity index (χ0v) is 18.9. The second kappa shape index (κ2) is 8.37. The summed E-state index contributed by atoms with van der Waals surface area (Å²) in [4.78, 5) is 16.4. The average Bonchev–Trinajstić information content (AvgIpc) is 3.41. The Morgan fingerprint density at radius 1 is 1.26 bits per heavy atom. The van der Waals surface area contributed by atoms with Gasteiger partial charge in [0.2, 0.25) is 0 Å². The number of aliphatic hydroxyl groups is 1. The number of nitrogens with zero attached hydrogens (tertiary/aromatic N) is 3. The van der Waals surface area contributed by atoms with E-state index in [1.807, 2.05) is 0 Å². The van der Waals surface area contributed by atoms with Gasteiger partial charge in [-0.25, -0.2) is 0 Å². The van der Waals surface area contributed by atoms with Crippen LogP contribution in [0.15, 0.2) is 36.4 Å². The van der Waals surface area contributed by atoms with Gasteiger partial charge in [-0.15, -0.1) is 0 Å². The lowest BCUT2D eigenvalue weighted by atomic mass is 9.95. The van der Waals surface area contributed by atoms with Gasteiger partial charge in [0.15, 0.2) is 10.7 Å². The summed E-state index contributed by atoms with van der Waals surface area (Å²) >= 11 is 5.65. The molecule has 12 heteroatoms. The Labute approximate surface area is 203 Å². The molecular formula is C23H19F3N4O4S. The van der Waals surface area contributed by atoms with Crippen LogP contribution in [0, 0.1) is 11.3 Å². The van der Waals surface area contributed by atoms with Crippen LogP contribution in [-0.2, 0) is 15.7 Å². The number of nitriles is 1. The minimum Gasteiger partial charge on any atom is -0.484 e. The quantitative estimate of drug-likeness (QED) is 0.616. The third kappa shape index (κ3) is 3.67. The molecule has 182 valence electrons. The highest BCUT2D eigenvalue weighted by Gasteiger charge is 2.58. The molecule has 3 aliphatic heterocycles. The molecule has 0 bridgehead atoms. The fraction of sp³-hybridized carbons (Fsp3) is 0.348. The van der Waals surface area contributed by atoms with E-state index in [-0.39, 0.29) is 30.6 Å². The molecule has 3 heterocycles. The molecule has 2 saturated heterocycles. The summed E-state index contributed by atoms with van der Waals surface area (Å²) in [6.45, 7) is 0.518. The molecule has 1 amide bonds. The Morgan fingerprint density at radius 3 is 2.69 bits per heavy atom. The van der Waals surface area contributed by atoms with Crippen molar-refractivity contribution >= 4 is 40.3 Å². The normalized spacial score (nSPS) is 23.8. The summed E-state index contributed by atoms with van der Waals surface area (Å²) in [5, 5.41) is 21.6. The van der Waals surface area contributed by atoms with Crippen LogP contribution >= 0.6 is 12.2 Å². The monoisotopic (exact) mass is 504 g/mol. The Bertz CT molecular complexity index is 1260. The van der Waals surface area contributed by atoms with Gasteiger partial charge in [0.1, 0.15) is 11.9 Å². The first-order valence-electron chi connectivity index (χ1n) is 10.7. The molecule has 0 saturated carbocycles. The van der Waals surface area contributed by atoms with Gasteiger partial charge in [-0.05, 0) is 48.6 Å². The Hall–Kier alpha value is -3.40. The van der Waals surface area contributed by atoms with Crippen molar-refractivity contribution < 1.29 is 32.5 Å². The summed E-state index contributed by atoms with van der Waals surface area (Å²) in [7, 11) is 0. The summed E-state index contributed by atoms with van der Waals surface area (Å²) < 4.78 is 52.1. The molecule has 2 aromatic carbocycles. The first kappa shape index (κ1) is 23.3. The number of carbonyl (C=O) groups is 1. The number of alkyl halides is 3. The van der Waals surface area contributed by atoms with Gasteiger partial charge in [0, 0.05) is 18.7 Å². The molecule has 8 nitrogen and oxygen atoms in total. The summed E-state index contributed by atoms with van der Waals surface area (Å²) in [6.07, 6.45) is -4.89. The van der Waals surface area contributed by atoms with Crippen LogP contribution in [0.2, 0.25) is 0 Å². The number of carbonyl (C=O) groups excluding carboxylic acids is 1. The van der Waals surface area contributed by atoms with Crippen molar-refractivity contribution in [2.24, 2.45) is 0 Å². The fourth-order valence-corrected chi connectivity index (χ4v) is 5.07. The second-order valence-corrected chi connectivity index (χ2v) is 8.78. The predicted molar refractivity (Wildman–Crippen MR) is 123 cm³/mol. The van der Waals surface area contributed by atoms with E-state index in [9.17, 15) is 23.1 Å². The number of hydrogen-bond donors (Lipinski definition) is 2. The van der Waals surface area contributed by atoms with E-state index < -0.39 is 34.9 Å². The van der Waals surface area contributed by atoms with Crippen LogP contribution in [0.5, 0.6) is 5.75 Å². The van der Waals surface area contributed by atoms with E-state index in [4.69, 9.17) is 27.0 Å². The SMILES string of the molecule is N#Cc1ccc(N2C(=O)C3(CCOC3)N(c3ccc4c(c3)NCC(CO)O4)C2=S)cc1C(F)(F)F. The molecular weight excluding hydrogens is 485 g/mol. The number of thiocarbonyl (C=S) groups is 1. The highest BCUT2D eigenvalue weighted by atomic mass is 32.1. The third-order valence-electron chi connectivity index (χ3n) is 6.34. The largest absolute Gasteiger partial charge is 0.484 e. The van der Waals surface area contributed by atoms with Gasteiger partial charge < -0.3 is 24.8 Å².